The van der Waals surface area contributed by atoms with Gasteiger partial charge in [0, 0.05) is 29.6 Å². The Balaban J connectivity index is 1.45. The minimum Gasteiger partial charge on any atom is -0.350 e. The van der Waals surface area contributed by atoms with Crippen molar-refractivity contribution < 1.29 is 9.32 Å². The summed E-state index contributed by atoms with van der Waals surface area (Å²) in [5.74, 6) is 1.53. The Labute approximate surface area is 142 Å². The standard InChI is InChI=1S/C16H14ClN5O2/c17-11-4-1-3-10(7-11)12-8-13(24-21-12)16(23)18-9-15-20-19-14-5-2-6-22(14)15/h1,3-4,7-8H,2,5-6,9H2,(H,18,23). The number of nitrogens with one attached hydrogen (secondary N) is 1. The van der Waals surface area contributed by atoms with Crippen LogP contribution in [0.1, 0.15) is 28.6 Å². The average molecular weight is 344 g/mol. The van der Waals surface area contributed by atoms with E-state index in [1.165, 1.54) is 0 Å². The Hall–Kier alpha value is -2.67. The first kappa shape index (κ1) is 14.9. The number of nitrogens with zero attached hydrogens (tertiary/aromatic N) is 4. The van der Waals surface area contributed by atoms with Gasteiger partial charge in [-0.15, -0.1) is 10.2 Å². The van der Waals surface area contributed by atoms with Crippen molar-refractivity contribution in [2.45, 2.75) is 25.9 Å². The molecule has 0 saturated carbocycles. The Bertz CT molecular complexity index is 902. The molecule has 4 rings (SSSR count). The van der Waals surface area contributed by atoms with E-state index in [1.807, 2.05) is 16.7 Å². The summed E-state index contributed by atoms with van der Waals surface area (Å²) in [5.41, 5.74) is 1.35. The lowest BCUT2D eigenvalue weighted by Crippen LogP contribution is -2.24. The van der Waals surface area contributed by atoms with Gasteiger partial charge >= 0.3 is 0 Å². The summed E-state index contributed by atoms with van der Waals surface area (Å²) in [5, 5.41) is 15.5. The van der Waals surface area contributed by atoms with Crippen molar-refractivity contribution in [3.8, 4) is 11.3 Å². The molecule has 1 amide bonds. The van der Waals surface area contributed by atoms with Crippen LogP contribution in [-0.4, -0.2) is 25.8 Å². The van der Waals surface area contributed by atoms with Crippen LogP contribution in [0.15, 0.2) is 34.9 Å². The fourth-order valence-corrected chi connectivity index (χ4v) is 2.94. The topological polar surface area (TPSA) is 85.8 Å². The van der Waals surface area contributed by atoms with Crippen LogP contribution in [-0.2, 0) is 19.5 Å². The SMILES string of the molecule is O=C(NCc1nnc2n1CCC2)c1cc(-c2cccc(Cl)c2)no1. The molecule has 0 aliphatic carbocycles. The fraction of sp³-hybridized carbons (Fsp3) is 0.250. The van der Waals surface area contributed by atoms with E-state index in [0.29, 0.717) is 17.3 Å². The van der Waals surface area contributed by atoms with Crippen LogP contribution in [0.25, 0.3) is 11.3 Å². The van der Waals surface area contributed by atoms with Crippen molar-refractivity contribution >= 4 is 17.5 Å². The number of amides is 1. The van der Waals surface area contributed by atoms with E-state index >= 15 is 0 Å². The van der Waals surface area contributed by atoms with Gasteiger partial charge in [-0.3, -0.25) is 4.79 Å². The monoisotopic (exact) mass is 343 g/mol. The lowest BCUT2D eigenvalue weighted by Gasteiger charge is -2.03. The van der Waals surface area contributed by atoms with Crippen molar-refractivity contribution in [2.75, 3.05) is 0 Å². The number of carbonyl (C=O) groups excluding carboxylic acids is 1. The maximum Gasteiger partial charge on any atom is 0.290 e. The van der Waals surface area contributed by atoms with Crippen LogP contribution in [0.2, 0.25) is 5.02 Å². The minimum absolute atomic E-state index is 0.145. The fourth-order valence-electron chi connectivity index (χ4n) is 2.75. The summed E-state index contributed by atoms with van der Waals surface area (Å²) in [6, 6.07) is 8.80. The van der Waals surface area contributed by atoms with Gasteiger partial charge < -0.3 is 14.4 Å². The number of benzene rings is 1. The van der Waals surface area contributed by atoms with Gasteiger partial charge in [-0.2, -0.15) is 0 Å². The molecule has 3 aromatic rings. The molecule has 2 aromatic heterocycles. The second kappa shape index (κ2) is 6.09. The molecule has 7 nitrogen and oxygen atoms in total. The molecule has 0 spiro atoms. The zero-order chi connectivity index (χ0) is 16.5. The van der Waals surface area contributed by atoms with E-state index in [2.05, 4.69) is 20.7 Å². The highest BCUT2D eigenvalue weighted by Crippen LogP contribution is 2.22. The van der Waals surface area contributed by atoms with Gasteiger partial charge in [0.05, 0.1) is 6.54 Å². The van der Waals surface area contributed by atoms with E-state index in [1.54, 1.807) is 18.2 Å². The number of aryl methyl sites for hydroxylation is 1. The molecule has 122 valence electrons. The minimum atomic E-state index is -0.342. The van der Waals surface area contributed by atoms with Crippen molar-refractivity contribution in [3.05, 3.63) is 52.8 Å². The zero-order valence-electron chi connectivity index (χ0n) is 12.7. The van der Waals surface area contributed by atoms with Crippen LogP contribution >= 0.6 is 11.6 Å². The predicted molar refractivity (Wildman–Crippen MR) is 86.5 cm³/mol. The molecule has 0 bridgehead atoms. The van der Waals surface area contributed by atoms with Crippen LogP contribution in [0, 0.1) is 0 Å². The van der Waals surface area contributed by atoms with Crippen LogP contribution in [0.5, 0.6) is 0 Å². The number of hydrogen-bond acceptors (Lipinski definition) is 5. The summed E-state index contributed by atoms with van der Waals surface area (Å²) in [7, 11) is 0. The molecule has 1 aromatic carbocycles. The van der Waals surface area contributed by atoms with E-state index < -0.39 is 0 Å². The Morgan fingerprint density at radius 3 is 3.12 bits per heavy atom. The zero-order valence-corrected chi connectivity index (χ0v) is 13.5. The number of hydrogen-bond donors (Lipinski definition) is 1. The first-order valence-corrected chi connectivity index (χ1v) is 8.00. The molecule has 0 unspecified atom stereocenters. The average Bonchev–Trinajstić information content (AvgIpc) is 3.29. The number of fused-ring (bicyclic) bond motifs is 1. The number of carbonyl (C=O) groups is 1. The molecule has 1 aliphatic heterocycles. The summed E-state index contributed by atoms with van der Waals surface area (Å²) in [6.07, 6.45) is 2.00. The van der Waals surface area contributed by atoms with Crippen molar-refractivity contribution in [1.29, 1.82) is 0 Å². The Kier molecular flexibility index (Phi) is 3.78. The predicted octanol–water partition coefficient (Wildman–Crippen LogP) is 2.46. The van der Waals surface area contributed by atoms with Crippen LogP contribution in [0.4, 0.5) is 0 Å². The van der Waals surface area contributed by atoms with Gasteiger partial charge in [-0.05, 0) is 18.6 Å². The van der Waals surface area contributed by atoms with Crippen molar-refractivity contribution in [3.63, 3.8) is 0 Å². The summed E-state index contributed by atoms with van der Waals surface area (Å²) >= 11 is 5.96. The largest absolute Gasteiger partial charge is 0.350 e. The molecule has 24 heavy (non-hydrogen) atoms. The smallest absolute Gasteiger partial charge is 0.290 e. The van der Waals surface area contributed by atoms with Crippen molar-refractivity contribution in [2.24, 2.45) is 0 Å². The van der Waals surface area contributed by atoms with Gasteiger partial charge in [0.15, 0.2) is 5.82 Å². The first-order chi connectivity index (χ1) is 11.7. The third-order valence-electron chi connectivity index (χ3n) is 3.95. The van der Waals surface area contributed by atoms with Crippen LogP contribution < -0.4 is 5.32 Å². The van der Waals surface area contributed by atoms with Gasteiger partial charge in [-0.25, -0.2) is 0 Å². The molecular weight excluding hydrogens is 330 g/mol. The van der Waals surface area contributed by atoms with Gasteiger partial charge in [-0.1, -0.05) is 28.9 Å². The van der Waals surface area contributed by atoms with E-state index in [0.717, 1.165) is 36.6 Å². The molecule has 8 heteroatoms. The van der Waals surface area contributed by atoms with Gasteiger partial charge in [0.1, 0.15) is 11.5 Å². The lowest BCUT2D eigenvalue weighted by molar-refractivity contribution is 0.0912. The van der Waals surface area contributed by atoms with Gasteiger partial charge in [0.2, 0.25) is 5.76 Å². The summed E-state index contributed by atoms with van der Waals surface area (Å²) in [6.45, 7) is 1.20. The number of rotatable bonds is 4. The highest BCUT2D eigenvalue weighted by molar-refractivity contribution is 6.30. The first-order valence-electron chi connectivity index (χ1n) is 7.62. The third-order valence-corrected chi connectivity index (χ3v) is 4.18. The highest BCUT2D eigenvalue weighted by atomic mass is 35.5. The van der Waals surface area contributed by atoms with E-state index in [-0.39, 0.29) is 11.7 Å². The van der Waals surface area contributed by atoms with E-state index in [4.69, 9.17) is 16.1 Å². The number of aromatic nitrogens is 4. The molecular formula is C16H14ClN5O2. The molecule has 0 atom stereocenters. The second-order valence-electron chi connectivity index (χ2n) is 5.56. The number of halogens is 1. The normalized spacial score (nSPS) is 13.0. The Morgan fingerprint density at radius 1 is 1.33 bits per heavy atom. The molecule has 0 saturated heterocycles. The molecule has 3 heterocycles. The summed E-state index contributed by atoms with van der Waals surface area (Å²) < 4.78 is 7.18. The maximum atomic E-state index is 12.2. The quantitative estimate of drug-likeness (QED) is 0.786. The Morgan fingerprint density at radius 2 is 2.25 bits per heavy atom. The van der Waals surface area contributed by atoms with Gasteiger partial charge in [0.25, 0.3) is 5.91 Å². The highest BCUT2D eigenvalue weighted by Gasteiger charge is 2.19. The van der Waals surface area contributed by atoms with Crippen LogP contribution in [0.3, 0.4) is 0 Å². The molecule has 0 fully saturated rings. The molecule has 1 N–H and O–H groups in total. The van der Waals surface area contributed by atoms with Crippen molar-refractivity contribution in [1.82, 2.24) is 25.2 Å². The third kappa shape index (κ3) is 2.78. The second-order valence-corrected chi connectivity index (χ2v) is 5.99. The van der Waals surface area contributed by atoms with E-state index in [9.17, 15) is 4.79 Å². The molecule has 1 aliphatic rings. The maximum absolute atomic E-state index is 12.2. The lowest BCUT2D eigenvalue weighted by atomic mass is 10.1. The summed E-state index contributed by atoms with van der Waals surface area (Å²) in [4.78, 5) is 12.2. The molecule has 0 radical (unpaired) electrons.